The highest BCUT2D eigenvalue weighted by atomic mass is 16.6. The minimum atomic E-state index is -1.17. The second-order valence-electron chi connectivity index (χ2n) is 8.56. The Morgan fingerprint density at radius 1 is 0.680 bits per heavy atom. The van der Waals surface area contributed by atoms with Crippen molar-refractivity contribution in [2.24, 2.45) is 17.3 Å². The maximum absolute atomic E-state index is 12.9. The van der Waals surface area contributed by atoms with Crippen LogP contribution in [-0.2, 0) is 19.1 Å². The molecule has 148 valence electrons. The molecule has 0 aliphatic carbocycles. The Hall–Kier alpha value is -1.06. The number of hydrogen-bond donors (Lipinski definition) is 0. The van der Waals surface area contributed by atoms with Gasteiger partial charge in [-0.05, 0) is 52.4 Å². The highest BCUT2D eigenvalue weighted by Crippen LogP contribution is 2.36. The second kappa shape index (κ2) is 11.5. The van der Waals surface area contributed by atoms with Crippen molar-refractivity contribution in [1.82, 2.24) is 0 Å². The average molecular weight is 357 g/mol. The van der Waals surface area contributed by atoms with Crippen molar-refractivity contribution in [1.29, 1.82) is 0 Å². The first-order valence-corrected chi connectivity index (χ1v) is 9.93. The third-order valence-corrected chi connectivity index (χ3v) is 4.24. The molecule has 0 aliphatic heterocycles. The topological polar surface area (TPSA) is 52.6 Å². The van der Waals surface area contributed by atoms with Gasteiger partial charge in [0.1, 0.15) is 0 Å². The zero-order valence-electron chi connectivity index (χ0n) is 17.7. The molecule has 0 saturated heterocycles. The van der Waals surface area contributed by atoms with E-state index >= 15 is 0 Å². The Balaban J connectivity index is 5.48. The molecule has 0 radical (unpaired) electrons. The van der Waals surface area contributed by atoms with Crippen LogP contribution in [0, 0.1) is 17.3 Å². The van der Waals surface area contributed by atoms with Crippen LogP contribution in [0.5, 0.6) is 0 Å². The summed E-state index contributed by atoms with van der Waals surface area (Å²) < 4.78 is 11.0. The summed E-state index contributed by atoms with van der Waals surface area (Å²) in [6, 6.07) is 0. The van der Waals surface area contributed by atoms with Crippen molar-refractivity contribution in [3.63, 3.8) is 0 Å². The minimum absolute atomic E-state index is 0.242. The lowest BCUT2D eigenvalue weighted by Crippen LogP contribution is -2.44. The minimum Gasteiger partial charge on any atom is -0.462 e. The third-order valence-electron chi connectivity index (χ3n) is 4.24. The molecule has 0 rings (SSSR count). The van der Waals surface area contributed by atoms with Crippen LogP contribution in [0.3, 0.4) is 0 Å². The van der Waals surface area contributed by atoms with Crippen molar-refractivity contribution < 1.29 is 19.1 Å². The summed E-state index contributed by atoms with van der Waals surface area (Å²) in [5, 5.41) is 0. The fraction of sp³-hybridized carbons (Fsp3) is 0.905. The molecule has 4 heteroatoms. The molecule has 0 heterocycles. The van der Waals surface area contributed by atoms with Crippen LogP contribution in [0.1, 0.15) is 93.9 Å². The van der Waals surface area contributed by atoms with Gasteiger partial charge in [-0.3, -0.25) is 9.59 Å². The van der Waals surface area contributed by atoms with Gasteiger partial charge in [0.15, 0.2) is 5.41 Å². The molecule has 0 N–H and O–H groups in total. The van der Waals surface area contributed by atoms with E-state index in [0.29, 0.717) is 24.7 Å². The number of ether oxygens (including phenoxy) is 2. The van der Waals surface area contributed by atoms with Crippen molar-refractivity contribution in [3.8, 4) is 0 Å². The average Bonchev–Trinajstić information content (AvgIpc) is 2.43. The fourth-order valence-electron chi connectivity index (χ4n) is 2.89. The van der Waals surface area contributed by atoms with Crippen molar-refractivity contribution in [3.05, 3.63) is 0 Å². The van der Waals surface area contributed by atoms with Gasteiger partial charge in [-0.2, -0.15) is 0 Å². The summed E-state index contributed by atoms with van der Waals surface area (Å²) >= 11 is 0. The van der Waals surface area contributed by atoms with E-state index in [1.165, 1.54) is 0 Å². The molecule has 0 aromatic heterocycles. The molecule has 4 nitrogen and oxygen atoms in total. The third kappa shape index (κ3) is 9.27. The van der Waals surface area contributed by atoms with Gasteiger partial charge in [-0.25, -0.2) is 0 Å². The quantitative estimate of drug-likeness (QED) is 0.341. The SMILES string of the molecule is CC(C)CCCC(CCCC(C)C)(C(=O)OC(C)C)C(=O)OC(C)C. The van der Waals surface area contributed by atoms with Gasteiger partial charge in [-0.15, -0.1) is 0 Å². The van der Waals surface area contributed by atoms with Crippen LogP contribution in [0.4, 0.5) is 0 Å². The Morgan fingerprint density at radius 3 is 1.24 bits per heavy atom. The van der Waals surface area contributed by atoms with Crippen LogP contribution in [0.2, 0.25) is 0 Å². The molecule has 0 spiro atoms. The summed E-state index contributed by atoms with van der Waals surface area (Å²) in [4.78, 5) is 25.9. The molecular formula is C21H40O4. The maximum atomic E-state index is 12.9. The molecule has 0 atom stereocenters. The van der Waals surface area contributed by atoms with E-state index in [0.717, 1.165) is 25.7 Å². The number of carbonyl (C=O) groups is 2. The number of hydrogen-bond acceptors (Lipinski definition) is 4. The first-order chi connectivity index (χ1) is 11.5. The summed E-state index contributed by atoms with van der Waals surface area (Å²) in [6.07, 6.45) is 4.12. The predicted molar refractivity (Wildman–Crippen MR) is 102 cm³/mol. The number of carbonyl (C=O) groups excluding carboxylic acids is 2. The largest absolute Gasteiger partial charge is 0.462 e. The molecule has 0 saturated carbocycles. The van der Waals surface area contributed by atoms with Crippen LogP contribution in [-0.4, -0.2) is 24.1 Å². The summed E-state index contributed by atoms with van der Waals surface area (Å²) in [7, 11) is 0. The Morgan fingerprint density at radius 2 is 1.00 bits per heavy atom. The van der Waals surface area contributed by atoms with E-state index in [1.54, 1.807) is 0 Å². The van der Waals surface area contributed by atoms with Gasteiger partial charge in [0.2, 0.25) is 0 Å². The zero-order valence-corrected chi connectivity index (χ0v) is 17.7. The van der Waals surface area contributed by atoms with E-state index in [-0.39, 0.29) is 12.2 Å². The van der Waals surface area contributed by atoms with E-state index in [1.807, 2.05) is 27.7 Å². The van der Waals surface area contributed by atoms with Crippen LogP contribution < -0.4 is 0 Å². The highest BCUT2D eigenvalue weighted by molar-refractivity contribution is 6.00. The van der Waals surface area contributed by atoms with Crippen LogP contribution >= 0.6 is 0 Å². The summed E-state index contributed by atoms with van der Waals surface area (Å²) in [6.45, 7) is 15.9. The monoisotopic (exact) mass is 356 g/mol. The first-order valence-electron chi connectivity index (χ1n) is 9.93. The molecule has 0 aromatic rings. The maximum Gasteiger partial charge on any atom is 0.323 e. The Labute approximate surface area is 155 Å². The lowest BCUT2D eigenvalue weighted by Gasteiger charge is -2.31. The van der Waals surface area contributed by atoms with Gasteiger partial charge in [0, 0.05) is 0 Å². The smallest absolute Gasteiger partial charge is 0.323 e. The van der Waals surface area contributed by atoms with Gasteiger partial charge < -0.3 is 9.47 Å². The van der Waals surface area contributed by atoms with Gasteiger partial charge in [0.05, 0.1) is 12.2 Å². The highest BCUT2D eigenvalue weighted by Gasteiger charge is 2.48. The normalized spacial score (nSPS) is 12.3. The van der Waals surface area contributed by atoms with E-state index in [4.69, 9.17) is 9.47 Å². The molecule has 0 aliphatic rings. The molecule has 0 aromatic carbocycles. The van der Waals surface area contributed by atoms with Gasteiger partial charge in [-0.1, -0.05) is 53.4 Å². The molecule has 0 fully saturated rings. The number of rotatable bonds is 12. The molecule has 0 unspecified atom stereocenters. The lowest BCUT2D eigenvalue weighted by atomic mass is 9.77. The van der Waals surface area contributed by atoms with Crippen molar-refractivity contribution in [2.45, 2.75) is 106 Å². The van der Waals surface area contributed by atoms with Crippen molar-refractivity contribution >= 4 is 11.9 Å². The summed E-state index contributed by atoms with van der Waals surface area (Å²) in [5.74, 6) is 0.243. The van der Waals surface area contributed by atoms with E-state index < -0.39 is 17.4 Å². The number of esters is 2. The summed E-state index contributed by atoms with van der Waals surface area (Å²) in [5.41, 5.74) is -1.17. The Kier molecular flexibility index (Phi) is 11.0. The van der Waals surface area contributed by atoms with Crippen LogP contribution in [0.15, 0.2) is 0 Å². The molecular weight excluding hydrogens is 316 g/mol. The molecule has 25 heavy (non-hydrogen) atoms. The standard InChI is InChI=1S/C21H40O4/c1-15(2)11-9-13-21(14-10-12-16(3)4,19(22)24-17(5)6)20(23)25-18(7)8/h15-18H,9-14H2,1-8H3. The first kappa shape index (κ1) is 23.9. The van der Waals surface area contributed by atoms with E-state index in [2.05, 4.69) is 27.7 Å². The van der Waals surface area contributed by atoms with Crippen LogP contribution in [0.25, 0.3) is 0 Å². The molecule has 0 bridgehead atoms. The predicted octanol–water partition coefficient (Wildman–Crippen LogP) is 5.53. The molecule has 0 amide bonds. The van der Waals surface area contributed by atoms with Gasteiger partial charge in [0.25, 0.3) is 0 Å². The second-order valence-corrected chi connectivity index (χ2v) is 8.56. The zero-order chi connectivity index (χ0) is 19.6. The Bertz CT molecular complexity index is 359. The lowest BCUT2D eigenvalue weighted by molar-refractivity contribution is -0.178. The fourth-order valence-corrected chi connectivity index (χ4v) is 2.89. The van der Waals surface area contributed by atoms with E-state index in [9.17, 15) is 9.59 Å². The van der Waals surface area contributed by atoms with Crippen molar-refractivity contribution in [2.75, 3.05) is 0 Å². The van der Waals surface area contributed by atoms with Gasteiger partial charge >= 0.3 is 11.9 Å².